The summed E-state index contributed by atoms with van der Waals surface area (Å²) in [7, 11) is 0. The van der Waals surface area contributed by atoms with Crippen molar-refractivity contribution in [3.05, 3.63) is 48.6 Å². The van der Waals surface area contributed by atoms with Gasteiger partial charge in [0.15, 0.2) is 6.10 Å². The molecule has 0 radical (unpaired) electrons. The Labute approximate surface area is 498 Å². The molecule has 468 valence electrons. The summed E-state index contributed by atoms with van der Waals surface area (Å²) in [6.07, 6.45) is 87.8. The van der Waals surface area contributed by atoms with Gasteiger partial charge < -0.3 is 14.2 Å². The molecule has 0 aliphatic rings. The first-order chi connectivity index (χ1) is 39.5. The van der Waals surface area contributed by atoms with E-state index in [2.05, 4.69) is 69.4 Å². The normalized spacial score (nSPS) is 12.3. The number of carbonyl (C=O) groups is 3. The van der Waals surface area contributed by atoms with Crippen molar-refractivity contribution in [2.24, 2.45) is 0 Å². The van der Waals surface area contributed by atoms with Crippen molar-refractivity contribution in [1.29, 1.82) is 0 Å². The summed E-state index contributed by atoms with van der Waals surface area (Å²) in [5.74, 6) is -0.870. The van der Waals surface area contributed by atoms with Crippen LogP contribution in [0.15, 0.2) is 48.6 Å². The van der Waals surface area contributed by atoms with Crippen LogP contribution in [0, 0.1) is 0 Å². The van der Waals surface area contributed by atoms with Gasteiger partial charge in [0, 0.05) is 19.3 Å². The second kappa shape index (κ2) is 68.9. The van der Waals surface area contributed by atoms with Crippen LogP contribution in [0.5, 0.6) is 0 Å². The van der Waals surface area contributed by atoms with Gasteiger partial charge in [0.05, 0.1) is 0 Å². The Balaban J connectivity index is 3.91. The predicted molar refractivity (Wildman–Crippen MR) is 349 cm³/mol. The lowest BCUT2D eigenvalue weighted by Gasteiger charge is -2.18. The number of ether oxygens (including phenoxy) is 3. The molecule has 0 fully saturated rings. The molecule has 0 spiro atoms. The van der Waals surface area contributed by atoms with Crippen LogP contribution in [0.1, 0.15) is 387 Å². The monoisotopic (exact) mass is 1120 g/mol. The van der Waals surface area contributed by atoms with Gasteiger partial charge in [-0.05, 0) is 57.8 Å². The van der Waals surface area contributed by atoms with Crippen molar-refractivity contribution in [1.82, 2.24) is 0 Å². The molecule has 0 aliphatic heterocycles. The summed E-state index contributed by atoms with van der Waals surface area (Å²) >= 11 is 0. The highest BCUT2D eigenvalue weighted by molar-refractivity contribution is 5.71. The number of unbranched alkanes of at least 4 members (excludes halogenated alkanes) is 47. The number of esters is 3. The zero-order valence-corrected chi connectivity index (χ0v) is 53.9. The zero-order valence-electron chi connectivity index (χ0n) is 53.9. The minimum Gasteiger partial charge on any atom is -0.462 e. The lowest BCUT2D eigenvalue weighted by molar-refractivity contribution is -0.167. The molecule has 0 aromatic carbocycles. The predicted octanol–water partition coefficient (Wildman–Crippen LogP) is 24.5. The van der Waals surface area contributed by atoms with Gasteiger partial charge in [-0.3, -0.25) is 14.4 Å². The lowest BCUT2D eigenvalue weighted by Crippen LogP contribution is -2.30. The molecule has 0 aliphatic carbocycles. The molecular formula is C74H136O6. The minimum absolute atomic E-state index is 0.0726. The molecule has 80 heavy (non-hydrogen) atoms. The SMILES string of the molecule is CC/C=C\C/C=C\C/C=C\C/C=C\CCCCCCCCCCC(=O)OC(COC(=O)CCCCCCCC)COC(=O)CCCCCCCCCCCCCCCCCCCCCCCCCCCCCCCCCCCCC. The molecule has 0 saturated heterocycles. The smallest absolute Gasteiger partial charge is 0.306 e. The highest BCUT2D eigenvalue weighted by atomic mass is 16.6. The van der Waals surface area contributed by atoms with Gasteiger partial charge in [0.25, 0.3) is 0 Å². The standard InChI is InChI=1S/C74H136O6/c1-4-7-10-13-16-18-20-22-24-26-28-30-31-32-33-34-35-36-37-38-39-40-41-42-43-45-46-48-50-52-54-56-58-61-64-67-73(76)79-70-71(69-78-72(75)66-63-60-15-12-9-6-3)80-74(77)68-65-62-59-57-55-53-51-49-47-44-29-27-25-23-21-19-17-14-11-8-5-2/h8,11,17,19,23,25,29,44,71H,4-7,9-10,12-16,18,20-22,24,26-28,30-43,45-70H2,1-3H3/b11-8-,19-17-,25-23-,44-29-. The van der Waals surface area contributed by atoms with Crippen molar-refractivity contribution in [3.63, 3.8) is 0 Å². The third kappa shape index (κ3) is 66.2. The molecule has 0 aromatic heterocycles. The molecule has 6 nitrogen and oxygen atoms in total. The Bertz CT molecular complexity index is 1380. The van der Waals surface area contributed by atoms with E-state index in [-0.39, 0.29) is 31.1 Å². The first-order valence-corrected chi connectivity index (χ1v) is 35.6. The second-order valence-corrected chi connectivity index (χ2v) is 24.1. The maximum atomic E-state index is 12.9. The van der Waals surface area contributed by atoms with Crippen LogP contribution in [-0.4, -0.2) is 37.2 Å². The molecule has 1 atom stereocenters. The zero-order chi connectivity index (χ0) is 57.8. The van der Waals surface area contributed by atoms with Crippen molar-refractivity contribution in [2.75, 3.05) is 13.2 Å². The quantitative estimate of drug-likeness (QED) is 0.0261. The first kappa shape index (κ1) is 77.4. The van der Waals surface area contributed by atoms with E-state index in [9.17, 15) is 14.4 Å². The van der Waals surface area contributed by atoms with Gasteiger partial charge >= 0.3 is 17.9 Å². The Morgan fingerprint density at radius 1 is 0.263 bits per heavy atom. The molecule has 1 unspecified atom stereocenters. The summed E-state index contributed by atoms with van der Waals surface area (Å²) in [4.78, 5) is 38.1. The van der Waals surface area contributed by atoms with E-state index in [4.69, 9.17) is 14.2 Å². The van der Waals surface area contributed by atoms with E-state index in [0.717, 1.165) is 89.9 Å². The number of carbonyl (C=O) groups excluding carboxylic acids is 3. The first-order valence-electron chi connectivity index (χ1n) is 35.6. The van der Waals surface area contributed by atoms with Crippen molar-refractivity contribution in [2.45, 2.75) is 393 Å². The van der Waals surface area contributed by atoms with Crippen LogP contribution in [0.3, 0.4) is 0 Å². The van der Waals surface area contributed by atoms with E-state index >= 15 is 0 Å². The van der Waals surface area contributed by atoms with Crippen molar-refractivity contribution in [3.8, 4) is 0 Å². The maximum absolute atomic E-state index is 12.9. The van der Waals surface area contributed by atoms with Gasteiger partial charge in [-0.15, -0.1) is 0 Å². The lowest BCUT2D eigenvalue weighted by atomic mass is 10.0. The number of rotatable bonds is 66. The summed E-state index contributed by atoms with van der Waals surface area (Å²) < 4.78 is 16.8. The summed E-state index contributed by atoms with van der Waals surface area (Å²) in [6, 6.07) is 0. The van der Waals surface area contributed by atoms with Crippen LogP contribution >= 0.6 is 0 Å². The summed E-state index contributed by atoms with van der Waals surface area (Å²) in [5, 5.41) is 0. The minimum atomic E-state index is -0.774. The van der Waals surface area contributed by atoms with Crippen LogP contribution in [0.2, 0.25) is 0 Å². The van der Waals surface area contributed by atoms with E-state index in [1.54, 1.807) is 0 Å². The van der Waals surface area contributed by atoms with E-state index in [0.29, 0.717) is 19.3 Å². The second-order valence-electron chi connectivity index (χ2n) is 24.1. The van der Waals surface area contributed by atoms with Crippen molar-refractivity contribution < 1.29 is 28.6 Å². The Morgan fingerprint density at radius 2 is 0.487 bits per heavy atom. The molecule has 0 rings (SSSR count). The highest BCUT2D eigenvalue weighted by Crippen LogP contribution is 2.19. The van der Waals surface area contributed by atoms with Gasteiger partial charge in [0.1, 0.15) is 13.2 Å². The molecule has 0 N–H and O–H groups in total. The summed E-state index contributed by atoms with van der Waals surface area (Å²) in [6.45, 7) is 6.52. The molecule has 0 aromatic rings. The molecule has 0 amide bonds. The van der Waals surface area contributed by atoms with E-state index < -0.39 is 6.10 Å². The van der Waals surface area contributed by atoms with Crippen molar-refractivity contribution >= 4 is 17.9 Å². The fraction of sp³-hybridized carbons (Fsp3) is 0.851. The fourth-order valence-electron chi connectivity index (χ4n) is 10.8. The average Bonchev–Trinajstić information content (AvgIpc) is 3.46. The average molecular weight is 1120 g/mol. The Hall–Kier alpha value is -2.63. The summed E-state index contributed by atoms with van der Waals surface area (Å²) in [5.41, 5.74) is 0. The fourth-order valence-corrected chi connectivity index (χ4v) is 10.8. The number of allylic oxidation sites excluding steroid dienone is 8. The van der Waals surface area contributed by atoms with E-state index in [1.807, 2.05) is 0 Å². The van der Waals surface area contributed by atoms with Gasteiger partial charge in [-0.2, -0.15) is 0 Å². The van der Waals surface area contributed by atoms with Gasteiger partial charge in [-0.1, -0.05) is 358 Å². The Morgan fingerprint density at radius 3 is 0.762 bits per heavy atom. The van der Waals surface area contributed by atoms with E-state index in [1.165, 1.54) is 257 Å². The largest absolute Gasteiger partial charge is 0.462 e. The van der Waals surface area contributed by atoms with Gasteiger partial charge in [0.2, 0.25) is 0 Å². The topological polar surface area (TPSA) is 78.9 Å². The molecule has 0 saturated carbocycles. The van der Waals surface area contributed by atoms with Gasteiger partial charge in [-0.25, -0.2) is 0 Å². The Kier molecular flexibility index (Phi) is 66.6. The highest BCUT2D eigenvalue weighted by Gasteiger charge is 2.19. The maximum Gasteiger partial charge on any atom is 0.306 e. The third-order valence-electron chi connectivity index (χ3n) is 16.1. The number of hydrogen-bond donors (Lipinski definition) is 0. The van der Waals surface area contributed by atoms with Crippen LogP contribution in [0.25, 0.3) is 0 Å². The van der Waals surface area contributed by atoms with Crippen LogP contribution in [-0.2, 0) is 28.6 Å². The molecule has 0 bridgehead atoms. The molecule has 6 heteroatoms. The van der Waals surface area contributed by atoms with Crippen LogP contribution < -0.4 is 0 Å². The number of hydrogen-bond acceptors (Lipinski definition) is 6. The molecular weight excluding hydrogens is 985 g/mol. The molecule has 0 heterocycles. The third-order valence-corrected chi connectivity index (χ3v) is 16.1. The van der Waals surface area contributed by atoms with Crippen LogP contribution in [0.4, 0.5) is 0 Å².